The van der Waals surface area contributed by atoms with Crippen molar-refractivity contribution in [3.8, 4) is 11.6 Å². The van der Waals surface area contributed by atoms with E-state index in [0.717, 1.165) is 15.1 Å². The monoisotopic (exact) mass is 488 g/mol. The average molecular weight is 489 g/mol. The molecule has 2 aromatic heterocycles. The molecule has 1 aliphatic heterocycles. The minimum Gasteiger partial charge on any atom is -0.858 e. The van der Waals surface area contributed by atoms with Crippen molar-refractivity contribution in [2.24, 2.45) is 0 Å². The van der Waals surface area contributed by atoms with Gasteiger partial charge in [-0.2, -0.15) is 9.67 Å². The van der Waals surface area contributed by atoms with Gasteiger partial charge in [0.15, 0.2) is 12.4 Å². The lowest BCUT2D eigenvalue weighted by molar-refractivity contribution is -0.577. The van der Waals surface area contributed by atoms with E-state index >= 15 is 0 Å². The normalized spacial score (nSPS) is 13.8. The number of nitrogens with zero attached hydrogens (tertiary/aromatic N) is 4. The third kappa shape index (κ3) is 3.77. The van der Waals surface area contributed by atoms with E-state index in [2.05, 4.69) is 5.10 Å². The second kappa shape index (κ2) is 8.48. The van der Waals surface area contributed by atoms with E-state index in [9.17, 15) is 19.1 Å². The Hall–Kier alpha value is -4.30. The number of aryl methyl sites for hydroxylation is 2. The Labute approximate surface area is 204 Å². The molecular weight excluding hydrogens is 471 g/mol. The van der Waals surface area contributed by atoms with Crippen LogP contribution in [-0.4, -0.2) is 21.6 Å². The van der Waals surface area contributed by atoms with E-state index in [0.29, 0.717) is 10.7 Å². The number of pyridine rings is 1. The standard InChI is InChI=1S/C26H18ClFN4O3/c1-15-5-4-12-30(14-15)23-22(24(33)31(26(23)35)20-7-3-6-17(27)13-20)21-16(2)29-32(25(21)34)19-10-8-18(28)9-11-19/h3-14H,1-2H3. The van der Waals surface area contributed by atoms with E-state index in [1.807, 2.05) is 13.0 Å². The number of amides is 2. The van der Waals surface area contributed by atoms with Gasteiger partial charge in [-0.25, -0.2) is 14.0 Å². The molecule has 0 unspecified atom stereocenters. The van der Waals surface area contributed by atoms with Crippen molar-refractivity contribution in [3.63, 3.8) is 0 Å². The molecule has 0 N–H and O–H groups in total. The first kappa shape index (κ1) is 22.5. The minimum atomic E-state index is -0.667. The zero-order valence-corrected chi connectivity index (χ0v) is 19.5. The SMILES string of the molecule is Cc1ccc[n+](C2=C(c3c(C)nn(-c4ccc(F)cc4)c3[O-])C(=O)N(c3cccc(Cl)c3)C2=O)c1. The van der Waals surface area contributed by atoms with Gasteiger partial charge in [0.2, 0.25) is 0 Å². The maximum absolute atomic E-state index is 13.8. The molecule has 9 heteroatoms. The highest BCUT2D eigenvalue weighted by Gasteiger charge is 2.47. The van der Waals surface area contributed by atoms with Gasteiger partial charge in [-0.1, -0.05) is 17.7 Å². The number of benzene rings is 2. The summed E-state index contributed by atoms with van der Waals surface area (Å²) in [6.45, 7) is 3.44. The fourth-order valence-electron chi connectivity index (χ4n) is 4.12. The Morgan fingerprint density at radius 2 is 1.71 bits per heavy atom. The fourth-order valence-corrected chi connectivity index (χ4v) is 4.30. The van der Waals surface area contributed by atoms with Gasteiger partial charge >= 0.3 is 5.91 Å². The first-order chi connectivity index (χ1) is 16.8. The number of imide groups is 1. The molecule has 2 amide bonds. The van der Waals surface area contributed by atoms with Crippen LogP contribution in [0.5, 0.6) is 5.88 Å². The highest BCUT2D eigenvalue weighted by atomic mass is 35.5. The Morgan fingerprint density at radius 1 is 0.971 bits per heavy atom. The molecule has 3 heterocycles. The number of hydrogen-bond acceptors (Lipinski definition) is 4. The summed E-state index contributed by atoms with van der Waals surface area (Å²) < 4.78 is 16.0. The molecule has 5 rings (SSSR count). The van der Waals surface area contributed by atoms with Crippen LogP contribution in [0.15, 0.2) is 73.1 Å². The van der Waals surface area contributed by atoms with Gasteiger partial charge in [0.1, 0.15) is 11.4 Å². The van der Waals surface area contributed by atoms with Crippen molar-refractivity contribution in [3.05, 3.63) is 101 Å². The number of carbonyl (C=O) groups is 2. The lowest BCUT2D eigenvalue weighted by atomic mass is 10.0. The molecular formula is C26H18ClFN4O3. The molecule has 0 bridgehead atoms. The maximum atomic E-state index is 13.8. The molecule has 0 saturated heterocycles. The summed E-state index contributed by atoms with van der Waals surface area (Å²) in [5, 5.41) is 18.2. The minimum absolute atomic E-state index is 0.00112. The van der Waals surface area contributed by atoms with E-state index < -0.39 is 23.5 Å². The maximum Gasteiger partial charge on any atom is 0.331 e. The van der Waals surface area contributed by atoms with E-state index in [-0.39, 0.29) is 28.2 Å². The van der Waals surface area contributed by atoms with Crippen LogP contribution in [0.4, 0.5) is 10.1 Å². The van der Waals surface area contributed by atoms with Crippen molar-refractivity contribution >= 4 is 40.4 Å². The first-order valence-corrected chi connectivity index (χ1v) is 11.0. The number of aromatic nitrogens is 3. The summed E-state index contributed by atoms with van der Waals surface area (Å²) in [6, 6.07) is 15.2. The zero-order valence-electron chi connectivity index (χ0n) is 18.7. The van der Waals surface area contributed by atoms with Crippen molar-refractivity contribution in [2.75, 3.05) is 4.90 Å². The molecule has 0 atom stereocenters. The summed E-state index contributed by atoms with van der Waals surface area (Å²) >= 11 is 6.12. The van der Waals surface area contributed by atoms with Crippen LogP contribution in [0.25, 0.3) is 17.0 Å². The molecule has 0 radical (unpaired) electrons. The lowest BCUT2D eigenvalue weighted by Gasteiger charge is -2.15. The van der Waals surface area contributed by atoms with E-state index in [4.69, 9.17) is 11.6 Å². The molecule has 4 aromatic rings. The van der Waals surface area contributed by atoms with Gasteiger partial charge in [-0.05, 0) is 68.3 Å². The molecule has 35 heavy (non-hydrogen) atoms. The third-order valence-electron chi connectivity index (χ3n) is 5.67. The number of carbonyl (C=O) groups excluding carboxylic acids is 2. The van der Waals surface area contributed by atoms with Crippen LogP contribution in [0.2, 0.25) is 5.02 Å². The topological polar surface area (TPSA) is 82.1 Å². The highest BCUT2D eigenvalue weighted by Crippen LogP contribution is 2.38. The summed E-state index contributed by atoms with van der Waals surface area (Å²) in [4.78, 5) is 28.4. The predicted octanol–water partition coefficient (Wildman–Crippen LogP) is 3.58. The number of halogens is 2. The van der Waals surface area contributed by atoms with E-state index in [1.165, 1.54) is 34.9 Å². The highest BCUT2D eigenvalue weighted by molar-refractivity contribution is 6.53. The van der Waals surface area contributed by atoms with Crippen LogP contribution < -0.4 is 14.6 Å². The van der Waals surface area contributed by atoms with Crippen LogP contribution >= 0.6 is 11.6 Å². The fraction of sp³-hybridized carbons (Fsp3) is 0.0769. The Morgan fingerprint density at radius 3 is 2.40 bits per heavy atom. The predicted molar refractivity (Wildman–Crippen MR) is 126 cm³/mol. The average Bonchev–Trinajstić information content (AvgIpc) is 3.25. The number of rotatable bonds is 4. The second-order valence-corrected chi connectivity index (χ2v) is 8.53. The number of hydrogen-bond donors (Lipinski definition) is 0. The van der Waals surface area contributed by atoms with Gasteiger partial charge < -0.3 is 5.11 Å². The molecule has 0 spiro atoms. The first-order valence-electron chi connectivity index (χ1n) is 10.7. The third-order valence-corrected chi connectivity index (χ3v) is 5.91. The Balaban J connectivity index is 1.75. The van der Waals surface area contributed by atoms with Crippen LogP contribution in [0.1, 0.15) is 16.8 Å². The van der Waals surface area contributed by atoms with Gasteiger partial charge in [0.25, 0.3) is 11.6 Å². The Bertz CT molecular complexity index is 1540. The summed E-state index contributed by atoms with van der Waals surface area (Å²) in [6.07, 6.45) is 3.34. The second-order valence-electron chi connectivity index (χ2n) is 8.09. The van der Waals surface area contributed by atoms with Crippen molar-refractivity contribution in [1.29, 1.82) is 0 Å². The van der Waals surface area contributed by atoms with E-state index in [1.54, 1.807) is 43.6 Å². The molecule has 0 saturated carbocycles. The lowest BCUT2D eigenvalue weighted by Crippen LogP contribution is -2.39. The summed E-state index contributed by atoms with van der Waals surface area (Å²) in [5.41, 5.74) is 1.68. The molecule has 7 nitrogen and oxygen atoms in total. The quantitative estimate of drug-likeness (QED) is 0.325. The number of anilines is 1. The van der Waals surface area contributed by atoms with Gasteiger partial charge in [0, 0.05) is 22.2 Å². The molecule has 174 valence electrons. The van der Waals surface area contributed by atoms with Crippen LogP contribution in [0, 0.1) is 19.7 Å². The van der Waals surface area contributed by atoms with Crippen molar-refractivity contribution in [2.45, 2.75) is 13.8 Å². The van der Waals surface area contributed by atoms with Gasteiger partial charge in [-0.3, -0.25) is 9.59 Å². The van der Waals surface area contributed by atoms with Gasteiger partial charge in [-0.15, -0.1) is 0 Å². The van der Waals surface area contributed by atoms with Crippen LogP contribution in [-0.2, 0) is 9.59 Å². The molecule has 1 aliphatic rings. The zero-order chi connectivity index (χ0) is 24.9. The molecule has 0 aliphatic carbocycles. The largest absolute Gasteiger partial charge is 0.858 e. The van der Waals surface area contributed by atoms with Crippen LogP contribution in [0.3, 0.4) is 0 Å². The smallest absolute Gasteiger partial charge is 0.331 e. The molecule has 2 aromatic carbocycles. The van der Waals surface area contributed by atoms with Crippen molar-refractivity contribution < 1.29 is 23.7 Å². The summed E-state index contributed by atoms with van der Waals surface area (Å²) in [7, 11) is 0. The van der Waals surface area contributed by atoms with Crippen molar-refractivity contribution in [1.82, 2.24) is 9.78 Å². The summed E-state index contributed by atoms with van der Waals surface area (Å²) in [5.74, 6) is -2.32. The Kier molecular flexibility index (Phi) is 5.45. The van der Waals surface area contributed by atoms with Gasteiger partial charge in [0.05, 0.1) is 17.1 Å². The molecule has 0 fully saturated rings.